The third-order valence-corrected chi connectivity index (χ3v) is 3.72. The molecule has 110 valence electrons. The molecule has 0 spiro atoms. The normalized spacial score (nSPS) is 16.2. The Kier molecular flexibility index (Phi) is 3.70. The van der Waals surface area contributed by atoms with Gasteiger partial charge in [-0.15, -0.1) is 0 Å². The Morgan fingerprint density at radius 2 is 2.14 bits per heavy atom. The first kappa shape index (κ1) is 13.8. The van der Waals surface area contributed by atoms with E-state index in [0.29, 0.717) is 37.3 Å². The van der Waals surface area contributed by atoms with Gasteiger partial charge in [-0.2, -0.15) is 5.10 Å². The maximum Gasteiger partial charge on any atom is 0.253 e. The number of hydrogen-bond donors (Lipinski definition) is 2. The van der Waals surface area contributed by atoms with Crippen LogP contribution in [0.2, 0.25) is 0 Å². The number of H-pyrrole nitrogens is 1. The lowest BCUT2D eigenvalue weighted by molar-refractivity contribution is 0.0546. The predicted octanol–water partition coefficient (Wildman–Crippen LogP) is 1.38. The first-order valence-corrected chi connectivity index (χ1v) is 7.10. The molecule has 1 aromatic heterocycles. The van der Waals surface area contributed by atoms with Crippen LogP contribution in [0.15, 0.2) is 24.3 Å². The lowest BCUT2D eigenvalue weighted by atomic mass is 10.1. The van der Waals surface area contributed by atoms with Crippen LogP contribution in [0.1, 0.15) is 29.0 Å². The van der Waals surface area contributed by atoms with Crippen molar-refractivity contribution in [2.75, 3.05) is 13.1 Å². The minimum atomic E-state index is -0.281. The first-order valence-electron chi connectivity index (χ1n) is 7.10. The van der Waals surface area contributed by atoms with Crippen molar-refractivity contribution in [2.45, 2.75) is 25.9 Å². The highest BCUT2D eigenvalue weighted by atomic mass is 16.3. The number of amides is 1. The molecule has 0 atom stereocenters. The zero-order valence-corrected chi connectivity index (χ0v) is 11.9. The van der Waals surface area contributed by atoms with Gasteiger partial charge in [-0.05, 0) is 31.9 Å². The van der Waals surface area contributed by atoms with Crippen LogP contribution < -0.4 is 0 Å². The zero-order valence-electron chi connectivity index (χ0n) is 11.9. The van der Waals surface area contributed by atoms with E-state index in [-0.39, 0.29) is 12.0 Å². The standard InChI is InChI=1S/C15H18N4O2/c1-10-16-14(18-17-10)11-3-2-4-12(9-11)15(21)19-7-5-13(20)6-8-19/h2-4,9,13,20H,5-8H2,1H3,(H,16,17,18). The summed E-state index contributed by atoms with van der Waals surface area (Å²) in [5, 5.41) is 16.4. The number of likely N-dealkylation sites (tertiary alicyclic amines) is 1. The molecule has 2 aromatic rings. The Morgan fingerprint density at radius 1 is 1.38 bits per heavy atom. The van der Waals surface area contributed by atoms with Gasteiger partial charge in [0.2, 0.25) is 0 Å². The zero-order chi connectivity index (χ0) is 14.8. The first-order chi connectivity index (χ1) is 10.1. The Hall–Kier alpha value is -2.21. The third kappa shape index (κ3) is 2.95. The molecule has 1 saturated heterocycles. The van der Waals surface area contributed by atoms with Crippen molar-refractivity contribution in [3.8, 4) is 11.4 Å². The number of nitrogens with zero attached hydrogens (tertiary/aromatic N) is 3. The molecule has 3 rings (SSSR count). The minimum Gasteiger partial charge on any atom is -0.393 e. The van der Waals surface area contributed by atoms with Gasteiger partial charge in [0.15, 0.2) is 5.82 Å². The molecule has 1 aliphatic heterocycles. The summed E-state index contributed by atoms with van der Waals surface area (Å²) < 4.78 is 0. The van der Waals surface area contributed by atoms with E-state index >= 15 is 0 Å². The monoisotopic (exact) mass is 286 g/mol. The summed E-state index contributed by atoms with van der Waals surface area (Å²) >= 11 is 0. The van der Waals surface area contributed by atoms with Crippen molar-refractivity contribution in [1.82, 2.24) is 20.1 Å². The number of carbonyl (C=O) groups is 1. The summed E-state index contributed by atoms with van der Waals surface area (Å²) in [4.78, 5) is 18.6. The average molecular weight is 286 g/mol. The van der Waals surface area contributed by atoms with E-state index < -0.39 is 0 Å². The van der Waals surface area contributed by atoms with E-state index in [1.54, 1.807) is 11.0 Å². The number of aromatic nitrogens is 3. The topological polar surface area (TPSA) is 82.1 Å². The summed E-state index contributed by atoms with van der Waals surface area (Å²) in [7, 11) is 0. The molecule has 2 heterocycles. The maximum atomic E-state index is 12.5. The van der Waals surface area contributed by atoms with Crippen LogP contribution >= 0.6 is 0 Å². The fourth-order valence-corrected chi connectivity index (χ4v) is 2.51. The van der Waals surface area contributed by atoms with Gasteiger partial charge in [-0.25, -0.2) is 4.98 Å². The number of aliphatic hydroxyl groups is 1. The van der Waals surface area contributed by atoms with E-state index in [1.807, 2.05) is 25.1 Å². The number of aryl methyl sites for hydroxylation is 1. The maximum absolute atomic E-state index is 12.5. The van der Waals surface area contributed by atoms with Gasteiger partial charge >= 0.3 is 0 Å². The number of aromatic amines is 1. The molecule has 2 N–H and O–H groups in total. The second kappa shape index (κ2) is 5.65. The molecule has 0 bridgehead atoms. The van der Waals surface area contributed by atoms with Crippen LogP contribution in [0, 0.1) is 6.92 Å². The number of nitrogens with one attached hydrogen (secondary N) is 1. The van der Waals surface area contributed by atoms with Crippen molar-refractivity contribution < 1.29 is 9.90 Å². The summed E-state index contributed by atoms with van der Waals surface area (Å²) in [6.45, 7) is 3.04. The van der Waals surface area contributed by atoms with E-state index in [0.717, 1.165) is 11.4 Å². The lowest BCUT2D eigenvalue weighted by Crippen LogP contribution is -2.40. The van der Waals surface area contributed by atoms with Crippen molar-refractivity contribution in [2.24, 2.45) is 0 Å². The second-order valence-corrected chi connectivity index (χ2v) is 5.35. The molecule has 1 aromatic carbocycles. The quantitative estimate of drug-likeness (QED) is 0.873. The Bertz CT molecular complexity index is 645. The van der Waals surface area contributed by atoms with Crippen molar-refractivity contribution >= 4 is 5.91 Å². The van der Waals surface area contributed by atoms with Crippen molar-refractivity contribution in [3.63, 3.8) is 0 Å². The number of piperidine rings is 1. The van der Waals surface area contributed by atoms with Crippen LogP contribution in [0.5, 0.6) is 0 Å². The van der Waals surface area contributed by atoms with Crippen LogP contribution in [0.3, 0.4) is 0 Å². The fraction of sp³-hybridized carbons (Fsp3) is 0.400. The van der Waals surface area contributed by atoms with E-state index in [2.05, 4.69) is 15.2 Å². The van der Waals surface area contributed by atoms with Gasteiger partial charge in [-0.3, -0.25) is 9.89 Å². The number of benzene rings is 1. The van der Waals surface area contributed by atoms with Crippen LogP contribution in [-0.4, -0.2) is 50.3 Å². The van der Waals surface area contributed by atoms with Crippen LogP contribution in [0.4, 0.5) is 0 Å². The molecule has 1 fully saturated rings. The molecule has 0 radical (unpaired) electrons. The van der Waals surface area contributed by atoms with Gasteiger partial charge in [0.1, 0.15) is 5.82 Å². The summed E-state index contributed by atoms with van der Waals surface area (Å²) in [6.07, 6.45) is 1.01. The van der Waals surface area contributed by atoms with Gasteiger partial charge in [0, 0.05) is 24.2 Å². The Morgan fingerprint density at radius 3 is 2.81 bits per heavy atom. The average Bonchev–Trinajstić information content (AvgIpc) is 2.94. The van der Waals surface area contributed by atoms with Crippen molar-refractivity contribution in [3.05, 3.63) is 35.7 Å². The van der Waals surface area contributed by atoms with Gasteiger partial charge in [0.25, 0.3) is 5.91 Å². The van der Waals surface area contributed by atoms with Crippen LogP contribution in [0.25, 0.3) is 11.4 Å². The summed E-state index contributed by atoms with van der Waals surface area (Å²) in [6, 6.07) is 7.35. The number of rotatable bonds is 2. The largest absolute Gasteiger partial charge is 0.393 e. The Balaban J connectivity index is 1.81. The van der Waals surface area contributed by atoms with Gasteiger partial charge < -0.3 is 10.0 Å². The lowest BCUT2D eigenvalue weighted by Gasteiger charge is -2.29. The molecule has 6 nitrogen and oxygen atoms in total. The van der Waals surface area contributed by atoms with Crippen LogP contribution in [-0.2, 0) is 0 Å². The van der Waals surface area contributed by atoms with E-state index in [1.165, 1.54) is 0 Å². The molecule has 0 saturated carbocycles. The predicted molar refractivity (Wildman–Crippen MR) is 77.7 cm³/mol. The highest BCUT2D eigenvalue weighted by molar-refractivity contribution is 5.95. The smallest absolute Gasteiger partial charge is 0.253 e. The molecule has 6 heteroatoms. The third-order valence-electron chi connectivity index (χ3n) is 3.72. The number of carbonyl (C=O) groups excluding carboxylic acids is 1. The Labute approximate surface area is 122 Å². The van der Waals surface area contributed by atoms with Gasteiger partial charge in [-0.1, -0.05) is 12.1 Å². The summed E-state index contributed by atoms with van der Waals surface area (Å²) in [5.74, 6) is 1.33. The highest BCUT2D eigenvalue weighted by Crippen LogP contribution is 2.19. The molecule has 1 aliphatic rings. The second-order valence-electron chi connectivity index (χ2n) is 5.35. The molecular weight excluding hydrogens is 268 g/mol. The molecule has 0 unspecified atom stereocenters. The van der Waals surface area contributed by atoms with Crippen molar-refractivity contribution in [1.29, 1.82) is 0 Å². The minimum absolute atomic E-state index is 0.00370. The number of hydrogen-bond acceptors (Lipinski definition) is 4. The van der Waals surface area contributed by atoms with E-state index in [4.69, 9.17) is 0 Å². The van der Waals surface area contributed by atoms with E-state index in [9.17, 15) is 9.90 Å². The molecule has 21 heavy (non-hydrogen) atoms. The molecule has 1 amide bonds. The number of aliphatic hydroxyl groups excluding tert-OH is 1. The molecular formula is C15H18N4O2. The fourth-order valence-electron chi connectivity index (χ4n) is 2.51. The molecule has 0 aliphatic carbocycles. The van der Waals surface area contributed by atoms with Gasteiger partial charge in [0.05, 0.1) is 6.10 Å². The summed E-state index contributed by atoms with van der Waals surface area (Å²) in [5.41, 5.74) is 1.45. The highest BCUT2D eigenvalue weighted by Gasteiger charge is 2.22. The SMILES string of the molecule is Cc1nc(-c2cccc(C(=O)N3CCC(O)CC3)c2)n[nH]1.